The van der Waals surface area contributed by atoms with Gasteiger partial charge in [-0.15, -0.1) is 0 Å². The van der Waals surface area contributed by atoms with E-state index < -0.39 is 0 Å². The Morgan fingerprint density at radius 2 is 2.27 bits per heavy atom. The van der Waals surface area contributed by atoms with E-state index in [-0.39, 0.29) is 0 Å². The molecule has 0 spiro atoms. The highest BCUT2D eigenvalue weighted by molar-refractivity contribution is 5.83. The summed E-state index contributed by atoms with van der Waals surface area (Å²) in [6, 6.07) is 7.20. The Morgan fingerprint density at radius 1 is 1.53 bits per heavy atom. The van der Waals surface area contributed by atoms with Crippen LogP contribution in [0.2, 0.25) is 0 Å². The van der Waals surface area contributed by atoms with Crippen molar-refractivity contribution in [2.45, 2.75) is 0 Å². The molecule has 76 valence electrons. The lowest BCUT2D eigenvalue weighted by Crippen LogP contribution is -2.40. The molecule has 0 aliphatic rings. The first-order valence-electron chi connectivity index (χ1n) is 4.37. The third kappa shape index (κ3) is 1.19. The Morgan fingerprint density at radius 3 is 2.87 bits per heavy atom. The van der Waals surface area contributed by atoms with Gasteiger partial charge in [0.25, 0.3) is 0 Å². The molecule has 0 radical (unpaired) electrons. The second kappa shape index (κ2) is 3.17. The normalized spacial score (nSPS) is 10.2. The zero-order chi connectivity index (χ0) is 11.0. The fourth-order valence-corrected chi connectivity index (χ4v) is 1.57. The Bertz CT molecular complexity index is 566. The third-order valence-electron chi connectivity index (χ3n) is 2.39. The topological polar surface area (TPSA) is 62.1 Å². The SMILES string of the molecule is COc1ccc2c(c1)c(C#N)[n+](C)n2O. The van der Waals surface area contributed by atoms with Crippen molar-refractivity contribution in [3.63, 3.8) is 0 Å². The molecule has 1 aromatic heterocycles. The Balaban J connectivity index is 2.87. The van der Waals surface area contributed by atoms with Crippen molar-refractivity contribution in [2.24, 2.45) is 7.05 Å². The van der Waals surface area contributed by atoms with Crippen molar-refractivity contribution in [1.29, 1.82) is 5.26 Å². The predicted molar refractivity (Wildman–Crippen MR) is 51.6 cm³/mol. The number of nitrogens with zero attached hydrogens (tertiary/aromatic N) is 3. The van der Waals surface area contributed by atoms with E-state index in [1.807, 2.05) is 6.07 Å². The van der Waals surface area contributed by atoms with Crippen molar-refractivity contribution in [3.05, 3.63) is 23.9 Å². The van der Waals surface area contributed by atoms with E-state index >= 15 is 0 Å². The number of hydrogen-bond donors (Lipinski definition) is 1. The van der Waals surface area contributed by atoms with Gasteiger partial charge in [-0.1, -0.05) is 4.68 Å². The van der Waals surface area contributed by atoms with Gasteiger partial charge < -0.3 is 9.94 Å². The quantitative estimate of drug-likeness (QED) is 0.546. The monoisotopic (exact) mass is 204 g/mol. The molecule has 1 aromatic carbocycles. The van der Waals surface area contributed by atoms with Crippen molar-refractivity contribution in [2.75, 3.05) is 7.11 Å². The first-order chi connectivity index (χ1) is 7.19. The summed E-state index contributed by atoms with van der Waals surface area (Å²) in [6.45, 7) is 0. The van der Waals surface area contributed by atoms with Crippen LogP contribution in [-0.4, -0.2) is 17.2 Å². The maximum absolute atomic E-state index is 9.66. The van der Waals surface area contributed by atoms with E-state index in [9.17, 15) is 5.21 Å². The van der Waals surface area contributed by atoms with Crippen LogP contribution < -0.4 is 9.42 Å². The highest BCUT2D eigenvalue weighted by Crippen LogP contribution is 2.21. The summed E-state index contributed by atoms with van der Waals surface area (Å²) in [6.07, 6.45) is 0. The number of rotatable bonds is 1. The van der Waals surface area contributed by atoms with Crippen LogP contribution >= 0.6 is 0 Å². The molecule has 0 unspecified atom stereocenters. The van der Waals surface area contributed by atoms with Gasteiger partial charge in [0, 0.05) is 4.85 Å². The van der Waals surface area contributed by atoms with Gasteiger partial charge in [-0.05, 0) is 18.2 Å². The van der Waals surface area contributed by atoms with Crippen LogP contribution in [0.25, 0.3) is 10.9 Å². The number of nitriles is 1. The second-order valence-corrected chi connectivity index (χ2v) is 3.16. The lowest BCUT2D eigenvalue weighted by Gasteiger charge is -1.96. The number of fused-ring (bicyclic) bond motifs is 1. The van der Waals surface area contributed by atoms with Gasteiger partial charge in [0.05, 0.1) is 12.5 Å². The van der Waals surface area contributed by atoms with Crippen LogP contribution in [0.1, 0.15) is 5.69 Å². The molecule has 0 amide bonds. The minimum Gasteiger partial charge on any atom is -0.497 e. The summed E-state index contributed by atoms with van der Waals surface area (Å²) in [7, 11) is 3.17. The minimum atomic E-state index is 0.395. The lowest BCUT2D eigenvalue weighted by atomic mass is 10.2. The van der Waals surface area contributed by atoms with E-state index in [0.717, 1.165) is 4.85 Å². The van der Waals surface area contributed by atoms with E-state index in [2.05, 4.69) is 0 Å². The smallest absolute Gasteiger partial charge is 0.319 e. The molecule has 0 fully saturated rings. The predicted octanol–water partition coefficient (Wildman–Crippen LogP) is 0.583. The van der Waals surface area contributed by atoms with E-state index in [0.29, 0.717) is 22.3 Å². The van der Waals surface area contributed by atoms with Gasteiger partial charge >= 0.3 is 5.69 Å². The van der Waals surface area contributed by atoms with Gasteiger partial charge in [-0.25, -0.2) is 0 Å². The molecule has 0 aliphatic carbocycles. The highest BCUT2D eigenvalue weighted by Gasteiger charge is 2.21. The molecule has 0 aliphatic heterocycles. The summed E-state index contributed by atoms with van der Waals surface area (Å²) in [5.74, 6) is 0.658. The van der Waals surface area contributed by atoms with Crippen LogP contribution in [-0.2, 0) is 7.05 Å². The molecule has 0 saturated carbocycles. The Labute approximate surface area is 86.3 Å². The van der Waals surface area contributed by atoms with Crippen LogP contribution in [0.3, 0.4) is 0 Å². The molecule has 0 saturated heterocycles. The number of benzene rings is 1. The molecule has 1 N–H and O–H groups in total. The van der Waals surface area contributed by atoms with Crippen LogP contribution in [0.5, 0.6) is 5.75 Å². The fourth-order valence-electron chi connectivity index (χ4n) is 1.57. The molecule has 1 heterocycles. The maximum atomic E-state index is 9.66. The average molecular weight is 204 g/mol. The Kier molecular flexibility index (Phi) is 1.97. The van der Waals surface area contributed by atoms with Gasteiger partial charge in [0.1, 0.15) is 5.75 Å². The van der Waals surface area contributed by atoms with Gasteiger partial charge in [-0.2, -0.15) is 5.26 Å². The largest absolute Gasteiger partial charge is 0.497 e. The highest BCUT2D eigenvalue weighted by atomic mass is 16.5. The summed E-state index contributed by atoms with van der Waals surface area (Å²) in [5, 5.41) is 19.3. The fraction of sp³-hybridized carbons (Fsp3) is 0.200. The van der Waals surface area contributed by atoms with Crippen LogP contribution in [0.15, 0.2) is 18.2 Å². The average Bonchev–Trinajstić information content (AvgIpc) is 2.51. The standard InChI is InChI=1S/C10H10N3O2/c1-12-10(6-11)8-5-7(15-2)3-4-9(8)13(12)14/h3-5,14H,1-2H3/q+1. The molecule has 0 atom stereocenters. The first-order valence-corrected chi connectivity index (χ1v) is 4.37. The number of ether oxygens (including phenoxy) is 1. The van der Waals surface area contributed by atoms with E-state index in [1.165, 1.54) is 4.68 Å². The van der Waals surface area contributed by atoms with Crippen molar-refractivity contribution in [3.8, 4) is 11.8 Å². The first kappa shape index (κ1) is 9.34. The maximum Gasteiger partial charge on any atom is 0.319 e. The molecule has 2 aromatic rings. The van der Waals surface area contributed by atoms with Crippen LogP contribution in [0.4, 0.5) is 0 Å². The summed E-state index contributed by atoms with van der Waals surface area (Å²) < 4.78 is 6.44. The van der Waals surface area contributed by atoms with Crippen LogP contribution in [0, 0.1) is 11.3 Å². The third-order valence-corrected chi connectivity index (χ3v) is 2.39. The molecule has 2 rings (SSSR count). The number of aromatic nitrogens is 2. The Hall–Kier alpha value is -2.22. The molecule has 5 heteroatoms. The summed E-state index contributed by atoms with van der Waals surface area (Å²) in [4.78, 5) is 0.938. The van der Waals surface area contributed by atoms with Gasteiger partial charge in [0.15, 0.2) is 18.6 Å². The minimum absolute atomic E-state index is 0.395. The van der Waals surface area contributed by atoms with Crippen molar-refractivity contribution < 1.29 is 14.6 Å². The molecular formula is C10H10N3O2+. The molecule has 15 heavy (non-hydrogen) atoms. The van der Waals surface area contributed by atoms with E-state index in [4.69, 9.17) is 10.00 Å². The zero-order valence-electron chi connectivity index (χ0n) is 8.43. The number of hydrogen-bond acceptors (Lipinski definition) is 3. The molecular weight excluding hydrogens is 194 g/mol. The van der Waals surface area contributed by atoms with Crippen molar-refractivity contribution >= 4 is 10.9 Å². The summed E-state index contributed by atoms with van der Waals surface area (Å²) in [5.41, 5.74) is 0.973. The van der Waals surface area contributed by atoms with Crippen molar-refractivity contribution in [1.82, 2.24) is 4.85 Å². The van der Waals surface area contributed by atoms with Gasteiger partial charge in [-0.3, -0.25) is 0 Å². The van der Waals surface area contributed by atoms with E-state index in [1.54, 1.807) is 32.4 Å². The summed E-state index contributed by atoms with van der Waals surface area (Å²) >= 11 is 0. The molecule has 5 nitrogen and oxygen atoms in total. The number of methoxy groups -OCH3 is 1. The lowest BCUT2D eigenvalue weighted by molar-refractivity contribution is -0.779. The zero-order valence-corrected chi connectivity index (χ0v) is 8.43. The van der Waals surface area contributed by atoms with Gasteiger partial charge in [0.2, 0.25) is 0 Å². The molecule has 0 bridgehead atoms. The second-order valence-electron chi connectivity index (χ2n) is 3.16.